The van der Waals surface area contributed by atoms with Crippen molar-refractivity contribution in [2.75, 3.05) is 0 Å². The van der Waals surface area contributed by atoms with Crippen LogP contribution in [0.3, 0.4) is 0 Å². The summed E-state index contributed by atoms with van der Waals surface area (Å²) >= 11 is 1.75. The lowest BCUT2D eigenvalue weighted by atomic mass is 10.1. The Morgan fingerprint density at radius 2 is 1.52 bits per heavy atom. The number of hydrogen-bond acceptors (Lipinski definition) is 1. The maximum Gasteiger partial charge on any atom is 0.0634 e. The van der Waals surface area contributed by atoms with E-state index in [1.54, 1.807) is 11.3 Å². The molecular formula is C27H27NS. The highest BCUT2D eigenvalue weighted by atomic mass is 32.1. The van der Waals surface area contributed by atoms with Gasteiger partial charge in [-0.25, -0.2) is 0 Å². The number of para-hydroxylation sites is 1. The monoisotopic (exact) mass is 397 g/mol. The molecule has 2 heterocycles. The third-order valence-corrected chi connectivity index (χ3v) is 6.13. The Morgan fingerprint density at radius 3 is 2.10 bits per heavy atom. The lowest BCUT2D eigenvalue weighted by Gasteiger charge is -2.08. The summed E-state index contributed by atoms with van der Waals surface area (Å²) in [7, 11) is 0. The fraction of sp³-hybridized carbons (Fsp3) is 0.111. The fourth-order valence-electron chi connectivity index (χ4n) is 3.84. The van der Waals surface area contributed by atoms with Gasteiger partial charge in [0.05, 0.1) is 21.4 Å². The maximum absolute atomic E-state index is 4.15. The predicted octanol–water partition coefficient (Wildman–Crippen LogP) is 7.79. The highest BCUT2D eigenvalue weighted by Crippen LogP contribution is 2.31. The summed E-state index contributed by atoms with van der Waals surface area (Å²) in [5.74, 6) is 0. The minimum atomic E-state index is 1.07. The van der Waals surface area contributed by atoms with Crippen LogP contribution >= 0.6 is 11.3 Å². The molecule has 1 aromatic carbocycles. The molecule has 0 atom stereocenters. The lowest BCUT2D eigenvalue weighted by molar-refractivity contribution is 1.24. The largest absolute Gasteiger partial charge is 0.307 e. The van der Waals surface area contributed by atoms with Crippen molar-refractivity contribution >= 4 is 63.5 Å². The molecule has 0 saturated carbocycles. The third kappa shape index (κ3) is 3.41. The Hall–Kier alpha value is -3.10. The average Bonchev–Trinajstić information content (AvgIpc) is 3.04. The van der Waals surface area contributed by atoms with Crippen LogP contribution in [-0.4, -0.2) is 4.40 Å². The summed E-state index contributed by atoms with van der Waals surface area (Å²) in [6.07, 6.45) is 16.5. The normalized spacial score (nSPS) is 12.3. The molecule has 0 unspecified atom stereocenters. The number of aromatic nitrogens is 1. The fourth-order valence-corrected chi connectivity index (χ4v) is 4.86. The van der Waals surface area contributed by atoms with Crippen LogP contribution in [0, 0.1) is 0 Å². The quantitative estimate of drug-likeness (QED) is 0.414. The van der Waals surface area contributed by atoms with Gasteiger partial charge in [0, 0.05) is 26.8 Å². The zero-order valence-electron chi connectivity index (χ0n) is 17.4. The van der Waals surface area contributed by atoms with Crippen LogP contribution in [-0.2, 0) is 0 Å². The number of allylic oxidation sites excluding steroid dienone is 2. The third-order valence-electron chi connectivity index (χ3n) is 4.96. The molecule has 0 aliphatic heterocycles. The molecule has 2 heteroatoms. The molecule has 0 radical (unpaired) electrons. The Morgan fingerprint density at radius 1 is 0.828 bits per heavy atom. The number of benzene rings is 1. The van der Waals surface area contributed by atoms with Gasteiger partial charge in [-0.2, -0.15) is 0 Å². The summed E-state index contributed by atoms with van der Waals surface area (Å²) in [6, 6.07) is 8.49. The minimum absolute atomic E-state index is 1.07. The van der Waals surface area contributed by atoms with Crippen molar-refractivity contribution in [3.63, 3.8) is 0 Å². The van der Waals surface area contributed by atoms with Crippen molar-refractivity contribution in [3.8, 4) is 0 Å². The molecule has 0 bridgehead atoms. The van der Waals surface area contributed by atoms with E-state index in [1.807, 2.05) is 32.1 Å². The smallest absolute Gasteiger partial charge is 0.0634 e. The number of nitrogens with zero attached hydrogens (tertiary/aromatic N) is 1. The Kier molecular flexibility index (Phi) is 6.36. The van der Waals surface area contributed by atoms with E-state index in [1.165, 1.54) is 4.70 Å². The molecule has 0 saturated heterocycles. The van der Waals surface area contributed by atoms with E-state index in [9.17, 15) is 0 Å². The SMILES string of the molecule is C=Cc1sc2ccccc2n2c(C=C)c(/C=C\C)c(C=C)c2/c(=C\C)c1/C=C\C. The molecule has 0 N–H and O–H groups in total. The van der Waals surface area contributed by atoms with Gasteiger partial charge in [0.15, 0.2) is 0 Å². The van der Waals surface area contributed by atoms with Crippen molar-refractivity contribution in [1.82, 2.24) is 4.40 Å². The van der Waals surface area contributed by atoms with Gasteiger partial charge in [0.2, 0.25) is 0 Å². The van der Waals surface area contributed by atoms with Crippen LogP contribution in [0.5, 0.6) is 0 Å². The molecule has 0 aliphatic carbocycles. The first-order valence-electron chi connectivity index (χ1n) is 9.76. The van der Waals surface area contributed by atoms with Gasteiger partial charge < -0.3 is 4.40 Å². The average molecular weight is 398 g/mol. The van der Waals surface area contributed by atoms with Crippen molar-refractivity contribution in [2.24, 2.45) is 0 Å². The van der Waals surface area contributed by atoms with Gasteiger partial charge in [-0.1, -0.05) is 74.4 Å². The molecule has 0 fully saturated rings. The molecule has 29 heavy (non-hydrogen) atoms. The summed E-state index contributed by atoms with van der Waals surface area (Å²) in [4.78, 5) is 1.14. The zero-order valence-corrected chi connectivity index (χ0v) is 18.2. The van der Waals surface area contributed by atoms with Crippen molar-refractivity contribution in [3.05, 3.63) is 88.6 Å². The first-order chi connectivity index (χ1) is 14.2. The van der Waals surface area contributed by atoms with E-state index in [2.05, 4.69) is 85.7 Å². The van der Waals surface area contributed by atoms with E-state index in [0.29, 0.717) is 0 Å². The number of fused-ring (bicyclic) bond motifs is 3. The van der Waals surface area contributed by atoms with E-state index < -0.39 is 0 Å². The van der Waals surface area contributed by atoms with Crippen molar-refractivity contribution < 1.29 is 0 Å². The van der Waals surface area contributed by atoms with Crippen molar-refractivity contribution in [2.45, 2.75) is 20.8 Å². The second kappa shape index (κ2) is 8.93. The van der Waals surface area contributed by atoms with Gasteiger partial charge in [0.1, 0.15) is 0 Å². The second-order valence-corrected chi connectivity index (χ2v) is 7.64. The van der Waals surface area contributed by atoms with Crippen LogP contribution in [0.15, 0.2) is 56.2 Å². The summed E-state index contributed by atoms with van der Waals surface area (Å²) in [5.41, 5.74) is 6.74. The molecule has 3 rings (SSSR count). The summed E-state index contributed by atoms with van der Waals surface area (Å²) in [5, 5.41) is 1.16. The molecule has 146 valence electrons. The Bertz CT molecular complexity index is 1270. The van der Waals surface area contributed by atoms with Crippen LogP contribution in [0.1, 0.15) is 48.0 Å². The molecule has 1 nitrogen and oxygen atoms in total. The zero-order chi connectivity index (χ0) is 21.0. The van der Waals surface area contributed by atoms with Crippen LogP contribution in [0.4, 0.5) is 0 Å². The van der Waals surface area contributed by atoms with Crippen LogP contribution in [0.2, 0.25) is 0 Å². The Balaban J connectivity index is 2.93. The lowest BCUT2D eigenvalue weighted by Crippen LogP contribution is -2.10. The van der Waals surface area contributed by atoms with Gasteiger partial charge in [-0.15, -0.1) is 11.3 Å². The predicted molar refractivity (Wildman–Crippen MR) is 135 cm³/mol. The Labute approximate surface area is 177 Å². The molecule has 0 amide bonds. The van der Waals surface area contributed by atoms with E-state index in [0.717, 1.165) is 43.5 Å². The van der Waals surface area contributed by atoms with Crippen LogP contribution < -0.4 is 5.22 Å². The van der Waals surface area contributed by atoms with Crippen molar-refractivity contribution in [1.29, 1.82) is 0 Å². The summed E-state index contributed by atoms with van der Waals surface area (Å²) < 4.78 is 3.50. The number of hydrogen-bond donors (Lipinski definition) is 0. The van der Waals surface area contributed by atoms with E-state index >= 15 is 0 Å². The van der Waals surface area contributed by atoms with Crippen LogP contribution in [0.25, 0.3) is 52.2 Å². The highest BCUT2D eigenvalue weighted by Gasteiger charge is 2.16. The first-order valence-corrected chi connectivity index (χ1v) is 10.6. The van der Waals surface area contributed by atoms with Gasteiger partial charge in [-0.3, -0.25) is 0 Å². The summed E-state index contributed by atoms with van der Waals surface area (Å²) in [6.45, 7) is 18.6. The first kappa shape index (κ1) is 20.6. The minimum Gasteiger partial charge on any atom is -0.307 e. The maximum atomic E-state index is 4.15. The molecular weight excluding hydrogens is 370 g/mol. The second-order valence-electron chi connectivity index (χ2n) is 6.56. The molecule has 0 aliphatic rings. The number of rotatable bonds is 5. The van der Waals surface area contributed by atoms with Gasteiger partial charge in [-0.05, 0) is 39.0 Å². The topological polar surface area (TPSA) is 4.41 Å². The van der Waals surface area contributed by atoms with E-state index in [-0.39, 0.29) is 0 Å². The van der Waals surface area contributed by atoms with Gasteiger partial charge >= 0.3 is 0 Å². The standard InChI is InChI=1S/C27H27NS/c1-7-15-21-19(9-3)27-20(10-4)22(16-8-2)25(12-6)29-26-18-14-13-17-24(26)28(27)23(21)11-5/h7-18H,3,5-6H2,1-2,4H3/b15-7-,16-8-,20-10-,25-22?. The molecule has 0 spiro atoms. The molecule has 3 aromatic rings. The van der Waals surface area contributed by atoms with E-state index in [4.69, 9.17) is 0 Å². The van der Waals surface area contributed by atoms with Gasteiger partial charge in [0.25, 0.3) is 0 Å². The highest BCUT2D eigenvalue weighted by molar-refractivity contribution is 7.19. The molecule has 2 aromatic heterocycles.